The van der Waals surface area contributed by atoms with Gasteiger partial charge in [-0.15, -0.1) is 0 Å². The smallest absolute Gasteiger partial charge is 0.255 e. The Balaban J connectivity index is 1.20. The molecular weight excluding hydrogens is 378 g/mol. The average molecular weight is 412 g/mol. The summed E-state index contributed by atoms with van der Waals surface area (Å²) in [5.74, 6) is 2.60. The zero-order valence-electron chi connectivity index (χ0n) is 18.0. The first-order chi connectivity index (χ1) is 14.5. The van der Waals surface area contributed by atoms with Crippen LogP contribution in [0.5, 0.6) is 0 Å². The van der Waals surface area contributed by atoms with Gasteiger partial charge in [-0.3, -0.25) is 14.5 Å². The molecule has 6 rings (SSSR count). The van der Waals surface area contributed by atoms with E-state index in [1.54, 1.807) is 0 Å². The largest absolute Gasteiger partial charge is 0.379 e. The van der Waals surface area contributed by atoms with Gasteiger partial charge in [0.2, 0.25) is 5.91 Å². The lowest BCUT2D eigenvalue weighted by Crippen LogP contribution is -2.57. The molecule has 0 unspecified atom stereocenters. The number of amides is 1. The number of nitrogens with zero attached hydrogens (tertiary/aromatic N) is 3. The normalized spacial score (nSPS) is 34.4. The molecule has 4 aliphatic heterocycles. The van der Waals surface area contributed by atoms with Crippen LogP contribution in [0.2, 0.25) is 0 Å². The Morgan fingerprint density at radius 1 is 1.10 bits per heavy atom. The van der Waals surface area contributed by atoms with E-state index in [1.807, 2.05) is 16.4 Å². The second-order valence-corrected chi connectivity index (χ2v) is 10.9. The standard InChI is InChI=1S/C24H33N3O3/c1-24(14-30-15-24)23(29)26-8-16-7-20(13-26)21-6-5-19(22(28)27(21)9-16)12-25-10-17-3-2-4-18(17)11-25/h5-6,16-18,20H,2-4,7-15H2,1H3/t16-,17-,18+,20+/m0/s1. The average Bonchev–Trinajstić information content (AvgIpc) is 3.29. The predicted molar refractivity (Wildman–Crippen MR) is 113 cm³/mol. The van der Waals surface area contributed by atoms with Gasteiger partial charge in [-0.2, -0.15) is 0 Å². The number of fused-ring (bicyclic) bond motifs is 5. The fraction of sp³-hybridized carbons (Fsp3) is 0.750. The van der Waals surface area contributed by atoms with Gasteiger partial charge in [0.1, 0.15) is 0 Å². The van der Waals surface area contributed by atoms with Crippen LogP contribution < -0.4 is 5.56 Å². The molecule has 0 spiro atoms. The van der Waals surface area contributed by atoms with Gasteiger partial charge in [-0.05, 0) is 50.0 Å². The minimum absolute atomic E-state index is 0.207. The highest BCUT2D eigenvalue weighted by atomic mass is 16.5. The molecule has 3 saturated heterocycles. The van der Waals surface area contributed by atoms with E-state index >= 15 is 0 Å². The second-order valence-electron chi connectivity index (χ2n) is 10.9. The first-order valence-corrected chi connectivity index (χ1v) is 11.8. The first kappa shape index (κ1) is 19.1. The third-order valence-electron chi connectivity index (χ3n) is 8.52. The zero-order valence-corrected chi connectivity index (χ0v) is 18.0. The number of likely N-dealkylation sites (tertiary alicyclic amines) is 2. The fourth-order valence-corrected chi connectivity index (χ4v) is 6.89. The SMILES string of the molecule is CC1(C(=O)N2C[C@@H]3C[C@H](C2)c2ccc(CN4C[C@H]5CCC[C@H]5C4)c(=O)n2C3)COC1. The van der Waals surface area contributed by atoms with E-state index in [4.69, 9.17) is 4.74 Å². The highest BCUT2D eigenvalue weighted by Crippen LogP contribution is 2.39. The van der Waals surface area contributed by atoms with E-state index in [9.17, 15) is 9.59 Å². The minimum atomic E-state index is -0.344. The maximum Gasteiger partial charge on any atom is 0.255 e. The molecule has 4 atom stereocenters. The summed E-state index contributed by atoms with van der Waals surface area (Å²) >= 11 is 0. The van der Waals surface area contributed by atoms with Gasteiger partial charge < -0.3 is 14.2 Å². The van der Waals surface area contributed by atoms with Gasteiger partial charge in [-0.25, -0.2) is 0 Å². The lowest BCUT2D eigenvalue weighted by atomic mass is 9.80. The highest BCUT2D eigenvalue weighted by molar-refractivity contribution is 5.83. The molecule has 0 radical (unpaired) electrons. The number of aromatic nitrogens is 1. The number of piperidine rings is 1. The van der Waals surface area contributed by atoms with Gasteiger partial charge in [0.05, 0.1) is 18.6 Å². The van der Waals surface area contributed by atoms with E-state index in [0.29, 0.717) is 19.1 Å². The van der Waals surface area contributed by atoms with Gasteiger partial charge in [0.25, 0.3) is 5.56 Å². The summed E-state index contributed by atoms with van der Waals surface area (Å²) in [4.78, 5) is 30.9. The van der Waals surface area contributed by atoms with E-state index in [1.165, 1.54) is 19.3 Å². The van der Waals surface area contributed by atoms with Crippen molar-refractivity contribution in [3.8, 4) is 0 Å². The highest BCUT2D eigenvalue weighted by Gasteiger charge is 2.46. The van der Waals surface area contributed by atoms with Crippen molar-refractivity contribution in [1.29, 1.82) is 0 Å². The Hall–Kier alpha value is -1.66. The summed E-state index contributed by atoms with van der Waals surface area (Å²) in [5.41, 5.74) is 1.94. The predicted octanol–water partition coefficient (Wildman–Crippen LogP) is 2.06. The number of hydrogen-bond donors (Lipinski definition) is 0. The molecule has 1 saturated carbocycles. The van der Waals surface area contributed by atoms with Crippen molar-refractivity contribution < 1.29 is 9.53 Å². The van der Waals surface area contributed by atoms with Gasteiger partial charge in [0.15, 0.2) is 0 Å². The third-order valence-corrected chi connectivity index (χ3v) is 8.52. The molecule has 5 aliphatic rings. The van der Waals surface area contributed by atoms with Crippen LogP contribution in [0.4, 0.5) is 0 Å². The topological polar surface area (TPSA) is 54.8 Å². The van der Waals surface area contributed by atoms with Crippen LogP contribution in [0.1, 0.15) is 49.8 Å². The van der Waals surface area contributed by atoms with E-state index in [-0.39, 0.29) is 22.8 Å². The summed E-state index contributed by atoms with van der Waals surface area (Å²) in [6.45, 7) is 8.47. The van der Waals surface area contributed by atoms with Gasteiger partial charge in [-0.1, -0.05) is 12.5 Å². The van der Waals surface area contributed by atoms with Crippen LogP contribution >= 0.6 is 0 Å². The fourth-order valence-electron chi connectivity index (χ4n) is 6.89. The van der Waals surface area contributed by atoms with Crippen LogP contribution in [0.25, 0.3) is 0 Å². The van der Waals surface area contributed by atoms with E-state index in [2.05, 4.69) is 17.0 Å². The zero-order chi connectivity index (χ0) is 20.5. The number of carbonyl (C=O) groups excluding carboxylic acids is 1. The van der Waals surface area contributed by atoms with Crippen LogP contribution in [-0.2, 0) is 22.6 Å². The Labute approximate surface area is 178 Å². The molecule has 1 aliphatic carbocycles. The Bertz CT molecular complexity index is 909. The van der Waals surface area contributed by atoms with E-state index in [0.717, 1.165) is 68.8 Å². The molecule has 1 amide bonds. The minimum Gasteiger partial charge on any atom is -0.379 e. The number of carbonyl (C=O) groups is 1. The first-order valence-electron chi connectivity index (χ1n) is 11.8. The molecule has 0 N–H and O–H groups in total. The quantitative estimate of drug-likeness (QED) is 0.764. The third kappa shape index (κ3) is 2.98. The van der Waals surface area contributed by atoms with Gasteiger partial charge >= 0.3 is 0 Å². The number of hydrogen-bond acceptors (Lipinski definition) is 4. The lowest BCUT2D eigenvalue weighted by Gasteiger charge is -2.47. The number of rotatable bonds is 3. The molecule has 2 bridgehead atoms. The number of pyridine rings is 1. The van der Waals surface area contributed by atoms with Crippen molar-refractivity contribution in [2.75, 3.05) is 39.4 Å². The van der Waals surface area contributed by atoms with Crippen LogP contribution in [0, 0.1) is 23.2 Å². The van der Waals surface area contributed by atoms with Crippen molar-refractivity contribution in [3.63, 3.8) is 0 Å². The Morgan fingerprint density at radius 2 is 1.87 bits per heavy atom. The van der Waals surface area contributed by atoms with Crippen molar-refractivity contribution >= 4 is 5.91 Å². The molecule has 1 aromatic rings. The molecule has 4 fully saturated rings. The summed E-state index contributed by atoms with van der Waals surface area (Å²) in [6.07, 6.45) is 5.21. The molecule has 30 heavy (non-hydrogen) atoms. The molecule has 162 valence electrons. The molecule has 6 heteroatoms. The van der Waals surface area contributed by atoms with Gasteiger partial charge in [0, 0.05) is 56.4 Å². The molecule has 5 heterocycles. The molecule has 1 aromatic heterocycles. The van der Waals surface area contributed by atoms with Crippen molar-refractivity contribution in [2.24, 2.45) is 23.2 Å². The Morgan fingerprint density at radius 3 is 2.57 bits per heavy atom. The second kappa shape index (κ2) is 6.92. The van der Waals surface area contributed by atoms with Crippen LogP contribution in [0.15, 0.2) is 16.9 Å². The Kier molecular flexibility index (Phi) is 4.40. The summed E-state index contributed by atoms with van der Waals surface area (Å²) < 4.78 is 7.35. The number of ether oxygens (including phenoxy) is 1. The van der Waals surface area contributed by atoms with Crippen LogP contribution in [0.3, 0.4) is 0 Å². The van der Waals surface area contributed by atoms with E-state index < -0.39 is 0 Å². The van der Waals surface area contributed by atoms with Crippen molar-refractivity contribution in [1.82, 2.24) is 14.4 Å². The van der Waals surface area contributed by atoms with Crippen molar-refractivity contribution in [2.45, 2.75) is 51.6 Å². The molecule has 6 nitrogen and oxygen atoms in total. The monoisotopic (exact) mass is 411 g/mol. The maximum atomic E-state index is 13.3. The molecular formula is C24H33N3O3. The molecule has 0 aromatic carbocycles. The van der Waals surface area contributed by atoms with Crippen LogP contribution in [-0.4, -0.2) is 59.7 Å². The summed E-state index contributed by atoms with van der Waals surface area (Å²) in [5, 5.41) is 0. The maximum absolute atomic E-state index is 13.3. The van der Waals surface area contributed by atoms with Crippen molar-refractivity contribution in [3.05, 3.63) is 33.7 Å². The lowest BCUT2D eigenvalue weighted by molar-refractivity contribution is -0.171. The summed E-state index contributed by atoms with van der Waals surface area (Å²) in [6, 6.07) is 4.25. The summed E-state index contributed by atoms with van der Waals surface area (Å²) in [7, 11) is 0.